The van der Waals surface area contributed by atoms with Gasteiger partial charge < -0.3 is 25.7 Å². The van der Waals surface area contributed by atoms with Crippen molar-refractivity contribution in [2.75, 3.05) is 13.2 Å². The number of amides is 1. The van der Waals surface area contributed by atoms with Crippen LogP contribution in [0.1, 0.15) is 34.5 Å². The number of hydrogen-bond donors (Lipinski definition) is 5. The quantitative estimate of drug-likeness (QED) is 0.469. The molecule has 0 spiro atoms. The maximum absolute atomic E-state index is 13.0. The minimum absolute atomic E-state index is 0.112. The molecule has 0 bridgehead atoms. The van der Waals surface area contributed by atoms with E-state index in [1.807, 2.05) is 6.92 Å². The van der Waals surface area contributed by atoms with Crippen molar-refractivity contribution in [3.05, 3.63) is 71.0 Å². The van der Waals surface area contributed by atoms with E-state index in [-0.39, 0.29) is 30.9 Å². The van der Waals surface area contributed by atoms with Crippen LogP contribution in [0.15, 0.2) is 48.5 Å². The maximum atomic E-state index is 13.0. The standard InChI is InChI=1S/C22H27FN2O5/c1-13(15-6-8-17(23)9-7-15)24-22(30)16-4-2-14(3-5-16)10-25-11-19(27)21(29)20(28)18(25)12-26/h2-9,13,18-21,26-29H,10-12H2,1H3,(H,24,30)/t13?,18-,19-,20-,21+/m0/s1. The largest absolute Gasteiger partial charge is 0.395 e. The van der Waals surface area contributed by atoms with Crippen LogP contribution in [0.3, 0.4) is 0 Å². The third-order valence-electron chi connectivity index (χ3n) is 5.54. The second-order valence-corrected chi connectivity index (χ2v) is 7.67. The first kappa shape index (κ1) is 22.3. The number of halogens is 1. The van der Waals surface area contributed by atoms with E-state index in [0.29, 0.717) is 12.1 Å². The zero-order valence-electron chi connectivity index (χ0n) is 16.6. The van der Waals surface area contributed by atoms with Crippen LogP contribution >= 0.6 is 0 Å². The van der Waals surface area contributed by atoms with Crippen molar-refractivity contribution in [3.63, 3.8) is 0 Å². The summed E-state index contributed by atoms with van der Waals surface area (Å²) in [5.74, 6) is -0.599. The molecule has 0 radical (unpaired) electrons. The number of aliphatic hydroxyl groups excluding tert-OH is 4. The van der Waals surface area contributed by atoms with Gasteiger partial charge in [0.15, 0.2) is 0 Å². The van der Waals surface area contributed by atoms with Crippen molar-refractivity contribution in [3.8, 4) is 0 Å². The maximum Gasteiger partial charge on any atom is 0.251 e. The molecule has 1 heterocycles. The first-order valence-corrected chi connectivity index (χ1v) is 9.84. The highest BCUT2D eigenvalue weighted by molar-refractivity contribution is 5.94. The van der Waals surface area contributed by atoms with Gasteiger partial charge in [-0.15, -0.1) is 0 Å². The lowest BCUT2D eigenvalue weighted by Crippen LogP contribution is -2.62. The van der Waals surface area contributed by atoms with E-state index in [9.17, 15) is 29.6 Å². The van der Waals surface area contributed by atoms with E-state index in [4.69, 9.17) is 0 Å². The highest BCUT2D eigenvalue weighted by atomic mass is 19.1. The van der Waals surface area contributed by atoms with Crippen LogP contribution in [-0.2, 0) is 6.54 Å². The number of piperidine rings is 1. The summed E-state index contributed by atoms with van der Waals surface area (Å²) in [7, 11) is 0. The lowest BCUT2D eigenvalue weighted by atomic mass is 9.93. The number of nitrogens with zero attached hydrogens (tertiary/aromatic N) is 1. The first-order chi connectivity index (χ1) is 14.3. The molecule has 5 N–H and O–H groups in total. The molecular formula is C22H27FN2O5. The lowest BCUT2D eigenvalue weighted by molar-refractivity contribution is -0.147. The molecule has 8 heteroatoms. The van der Waals surface area contributed by atoms with E-state index in [2.05, 4.69) is 5.32 Å². The van der Waals surface area contributed by atoms with Gasteiger partial charge in [-0.05, 0) is 42.3 Å². The normalized spacial score (nSPS) is 25.7. The van der Waals surface area contributed by atoms with Crippen LogP contribution in [0.5, 0.6) is 0 Å². The third-order valence-corrected chi connectivity index (χ3v) is 5.54. The fourth-order valence-corrected chi connectivity index (χ4v) is 3.67. The average Bonchev–Trinajstić information content (AvgIpc) is 2.73. The van der Waals surface area contributed by atoms with Gasteiger partial charge in [0.25, 0.3) is 5.91 Å². The van der Waals surface area contributed by atoms with Gasteiger partial charge in [0.05, 0.1) is 24.8 Å². The summed E-state index contributed by atoms with van der Waals surface area (Å²) in [6.07, 6.45) is -3.66. The van der Waals surface area contributed by atoms with Crippen LogP contribution in [0.4, 0.5) is 4.39 Å². The predicted octanol–water partition coefficient (Wildman–Crippen LogP) is 0.576. The van der Waals surface area contributed by atoms with Crippen molar-refractivity contribution in [2.24, 2.45) is 0 Å². The Kier molecular flexibility index (Phi) is 7.17. The van der Waals surface area contributed by atoms with Gasteiger partial charge in [-0.1, -0.05) is 24.3 Å². The van der Waals surface area contributed by atoms with Crippen molar-refractivity contribution >= 4 is 5.91 Å². The van der Waals surface area contributed by atoms with E-state index < -0.39 is 24.4 Å². The molecule has 0 aromatic heterocycles. The molecular weight excluding hydrogens is 391 g/mol. The average molecular weight is 418 g/mol. The summed E-state index contributed by atoms with van der Waals surface area (Å²) >= 11 is 0. The van der Waals surface area contributed by atoms with Crippen molar-refractivity contribution in [2.45, 2.75) is 43.9 Å². The SMILES string of the molecule is CC(NC(=O)c1ccc(CN2C[C@H](O)[C@@H](O)[C@@H](O)[C@@H]2CO)cc1)c1ccc(F)cc1. The number of likely N-dealkylation sites (tertiary alicyclic amines) is 1. The molecule has 1 fully saturated rings. The monoisotopic (exact) mass is 418 g/mol. The van der Waals surface area contributed by atoms with Gasteiger partial charge in [-0.2, -0.15) is 0 Å². The molecule has 0 aliphatic carbocycles. The van der Waals surface area contributed by atoms with Gasteiger partial charge in [-0.3, -0.25) is 9.69 Å². The fourth-order valence-electron chi connectivity index (χ4n) is 3.67. The number of rotatable bonds is 6. The number of carbonyl (C=O) groups is 1. The van der Waals surface area contributed by atoms with E-state index in [1.54, 1.807) is 41.3 Å². The Morgan fingerprint density at radius 3 is 2.33 bits per heavy atom. The van der Waals surface area contributed by atoms with Crippen LogP contribution in [-0.4, -0.2) is 68.7 Å². The van der Waals surface area contributed by atoms with Gasteiger partial charge in [0.2, 0.25) is 0 Å². The zero-order chi connectivity index (χ0) is 21.8. The van der Waals surface area contributed by atoms with Crippen LogP contribution < -0.4 is 5.32 Å². The Bertz CT molecular complexity index is 846. The van der Waals surface area contributed by atoms with Gasteiger partial charge in [0.1, 0.15) is 18.0 Å². The number of nitrogens with one attached hydrogen (secondary N) is 1. The highest BCUT2D eigenvalue weighted by Gasteiger charge is 2.40. The Morgan fingerprint density at radius 2 is 1.73 bits per heavy atom. The summed E-state index contributed by atoms with van der Waals surface area (Å²) < 4.78 is 13.0. The third kappa shape index (κ3) is 5.03. The number of carbonyl (C=O) groups excluding carboxylic acids is 1. The molecule has 0 saturated carbocycles. The Labute approximate surface area is 174 Å². The second-order valence-electron chi connectivity index (χ2n) is 7.67. The van der Waals surface area contributed by atoms with E-state index in [1.165, 1.54) is 12.1 Å². The molecule has 2 aromatic rings. The molecule has 30 heavy (non-hydrogen) atoms. The molecule has 1 aliphatic rings. The topological polar surface area (TPSA) is 113 Å². The predicted molar refractivity (Wildman–Crippen MR) is 108 cm³/mol. The summed E-state index contributed by atoms with van der Waals surface area (Å²) in [5, 5.41) is 42.2. The van der Waals surface area contributed by atoms with Crippen molar-refractivity contribution < 1.29 is 29.6 Å². The highest BCUT2D eigenvalue weighted by Crippen LogP contribution is 2.21. The second kappa shape index (κ2) is 9.63. The molecule has 5 atom stereocenters. The van der Waals surface area contributed by atoms with Gasteiger partial charge in [0, 0.05) is 18.7 Å². The van der Waals surface area contributed by atoms with Gasteiger partial charge in [-0.25, -0.2) is 4.39 Å². The molecule has 2 aromatic carbocycles. The number of aliphatic hydroxyl groups is 4. The van der Waals surface area contributed by atoms with Crippen LogP contribution in [0, 0.1) is 5.82 Å². The van der Waals surface area contributed by atoms with Crippen LogP contribution in [0.25, 0.3) is 0 Å². The number of benzene rings is 2. The smallest absolute Gasteiger partial charge is 0.251 e. The molecule has 7 nitrogen and oxygen atoms in total. The van der Waals surface area contributed by atoms with E-state index in [0.717, 1.165) is 11.1 Å². The lowest BCUT2D eigenvalue weighted by Gasteiger charge is -2.43. The molecule has 1 aliphatic heterocycles. The fraction of sp³-hybridized carbons (Fsp3) is 0.409. The summed E-state index contributed by atoms with van der Waals surface area (Å²) in [4.78, 5) is 14.2. The van der Waals surface area contributed by atoms with Crippen molar-refractivity contribution in [1.29, 1.82) is 0 Å². The first-order valence-electron chi connectivity index (χ1n) is 9.84. The number of hydrogen-bond acceptors (Lipinski definition) is 6. The van der Waals surface area contributed by atoms with Crippen molar-refractivity contribution in [1.82, 2.24) is 10.2 Å². The molecule has 3 rings (SSSR count). The van der Waals surface area contributed by atoms with E-state index >= 15 is 0 Å². The van der Waals surface area contributed by atoms with Gasteiger partial charge >= 0.3 is 0 Å². The summed E-state index contributed by atoms with van der Waals surface area (Å²) in [6, 6.07) is 11.8. The number of β-amino-alcohol motifs (C(OH)–C–C–N with tert-alkyl or cyclic N) is 1. The molecule has 162 valence electrons. The van der Waals surface area contributed by atoms with Crippen LogP contribution in [0.2, 0.25) is 0 Å². The Morgan fingerprint density at radius 1 is 1.10 bits per heavy atom. The minimum atomic E-state index is -1.30. The Hall–Kier alpha value is -2.36. The minimum Gasteiger partial charge on any atom is -0.395 e. The zero-order valence-corrected chi connectivity index (χ0v) is 16.6. The molecule has 1 unspecified atom stereocenters. The molecule has 1 amide bonds. The summed E-state index contributed by atoms with van der Waals surface area (Å²) in [6.45, 7) is 1.91. The summed E-state index contributed by atoms with van der Waals surface area (Å²) in [5.41, 5.74) is 2.08. The Balaban J connectivity index is 1.62. The molecule has 1 saturated heterocycles.